The molecule has 0 aliphatic carbocycles. The maximum absolute atomic E-state index is 12.4. The maximum atomic E-state index is 12.4. The highest BCUT2D eigenvalue weighted by Gasteiger charge is 2.33. The van der Waals surface area contributed by atoms with Crippen molar-refractivity contribution in [1.29, 1.82) is 0 Å². The van der Waals surface area contributed by atoms with Crippen molar-refractivity contribution >= 4 is 46.3 Å². The number of carboxylic acid groups (broad SMARTS) is 1. The molecule has 1 heterocycles. The molecule has 29 heavy (non-hydrogen) atoms. The van der Waals surface area contributed by atoms with Gasteiger partial charge in [-0.25, -0.2) is 0 Å². The lowest BCUT2D eigenvalue weighted by atomic mass is 10.1. The molecule has 1 N–H and O–H groups in total. The number of carboxylic acids is 1. The van der Waals surface area contributed by atoms with Crippen molar-refractivity contribution in [2.24, 2.45) is 0 Å². The van der Waals surface area contributed by atoms with Gasteiger partial charge in [-0.3, -0.25) is 14.5 Å². The van der Waals surface area contributed by atoms with Gasteiger partial charge in [-0.1, -0.05) is 60.4 Å². The minimum atomic E-state index is -1.11. The lowest BCUT2D eigenvalue weighted by molar-refractivity contribution is -0.140. The van der Waals surface area contributed by atoms with E-state index < -0.39 is 18.4 Å². The Labute approximate surface area is 178 Å². The summed E-state index contributed by atoms with van der Waals surface area (Å²) in [6, 6.07) is 15.4. The lowest BCUT2D eigenvalue weighted by Gasteiger charge is -2.12. The van der Waals surface area contributed by atoms with Crippen LogP contribution in [0.4, 0.5) is 0 Å². The van der Waals surface area contributed by atoms with E-state index in [0.717, 1.165) is 28.6 Å². The van der Waals surface area contributed by atoms with Crippen molar-refractivity contribution < 1.29 is 24.2 Å². The number of amides is 1. The molecule has 1 aliphatic rings. The molecule has 1 saturated heterocycles. The number of aliphatic carboxylic acids is 1. The molecule has 0 unspecified atom stereocenters. The summed E-state index contributed by atoms with van der Waals surface area (Å²) in [5.41, 5.74) is 1.92. The average molecular weight is 430 g/mol. The first-order valence-electron chi connectivity index (χ1n) is 8.80. The Balaban J connectivity index is 1.70. The molecule has 1 fully saturated rings. The van der Waals surface area contributed by atoms with E-state index in [1.54, 1.807) is 25.3 Å². The fourth-order valence-electron chi connectivity index (χ4n) is 2.74. The lowest BCUT2D eigenvalue weighted by Crippen LogP contribution is -2.33. The fourth-order valence-corrected chi connectivity index (χ4v) is 3.99. The second kappa shape index (κ2) is 9.58. The van der Waals surface area contributed by atoms with Gasteiger partial charge in [0.2, 0.25) is 0 Å². The number of nitrogens with zero attached hydrogens (tertiary/aromatic N) is 1. The summed E-state index contributed by atoms with van der Waals surface area (Å²) in [4.78, 5) is 24.7. The molecule has 3 rings (SSSR count). The standard InChI is InChI=1S/C21H19NO5S2/c1-26-17-11-15(12-18-20(25)22(13-19(23)24)21(28)29-18)7-8-16(17)27-10-9-14-5-3-2-4-6-14/h2-8,11-12H,9-10,13H2,1H3,(H,23,24). The van der Waals surface area contributed by atoms with Crippen LogP contribution in [0.25, 0.3) is 6.08 Å². The van der Waals surface area contributed by atoms with Gasteiger partial charge in [-0.2, -0.15) is 0 Å². The first-order chi connectivity index (χ1) is 14.0. The summed E-state index contributed by atoms with van der Waals surface area (Å²) in [7, 11) is 1.55. The number of thiocarbonyl (C=S) groups is 1. The maximum Gasteiger partial charge on any atom is 0.323 e. The van der Waals surface area contributed by atoms with Gasteiger partial charge in [-0.05, 0) is 29.3 Å². The Morgan fingerprint density at radius 1 is 1.21 bits per heavy atom. The number of ether oxygens (including phenoxy) is 2. The molecule has 0 bridgehead atoms. The number of carbonyl (C=O) groups excluding carboxylic acids is 1. The minimum absolute atomic E-state index is 0.233. The van der Waals surface area contributed by atoms with Crippen LogP contribution >= 0.6 is 24.0 Å². The largest absolute Gasteiger partial charge is 0.493 e. The number of hydrogen-bond donors (Lipinski definition) is 1. The molecule has 6 nitrogen and oxygen atoms in total. The highest BCUT2D eigenvalue weighted by Crippen LogP contribution is 2.34. The van der Waals surface area contributed by atoms with Crippen molar-refractivity contribution in [1.82, 2.24) is 4.90 Å². The van der Waals surface area contributed by atoms with Crippen LogP contribution in [0.2, 0.25) is 0 Å². The van der Waals surface area contributed by atoms with E-state index in [0.29, 0.717) is 23.0 Å². The Morgan fingerprint density at radius 2 is 1.97 bits per heavy atom. The van der Waals surface area contributed by atoms with E-state index in [4.69, 9.17) is 26.8 Å². The van der Waals surface area contributed by atoms with Crippen LogP contribution in [-0.4, -0.2) is 46.5 Å². The van der Waals surface area contributed by atoms with E-state index in [9.17, 15) is 9.59 Å². The molecule has 150 valence electrons. The SMILES string of the molecule is COc1cc(C=C2SC(=S)N(CC(=O)O)C2=O)ccc1OCCc1ccccc1. The van der Waals surface area contributed by atoms with Crippen LogP contribution in [0, 0.1) is 0 Å². The second-order valence-electron chi connectivity index (χ2n) is 6.16. The van der Waals surface area contributed by atoms with Gasteiger partial charge in [0, 0.05) is 6.42 Å². The van der Waals surface area contributed by atoms with Crippen molar-refractivity contribution in [3.05, 3.63) is 64.6 Å². The topological polar surface area (TPSA) is 76.1 Å². The third-order valence-corrected chi connectivity index (χ3v) is 5.52. The Hall–Kier alpha value is -2.84. The summed E-state index contributed by atoms with van der Waals surface area (Å²) < 4.78 is 11.5. The third kappa shape index (κ3) is 5.36. The third-order valence-electron chi connectivity index (χ3n) is 4.14. The molecule has 2 aromatic rings. The van der Waals surface area contributed by atoms with E-state index in [1.165, 1.54) is 5.56 Å². The van der Waals surface area contributed by atoms with Crippen LogP contribution in [0.1, 0.15) is 11.1 Å². The smallest absolute Gasteiger partial charge is 0.323 e. The quantitative estimate of drug-likeness (QED) is 0.507. The van der Waals surface area contributed by atoms with Gasteiger partial charge in [-0.15, -0.1) is 0 Å². The minimum Gasteiger partial charge on any atom is -0.493 e. The number of thioether (sulfide) groups is 1. The van der Waals surface area contributed by atoms with Crippen LogP contribution in [-0.2, 0) is 16.0 Å². The van der Waals surface area contributed by atoms with Gasteiger partial charge in [0.15, 0.2) is 11.5 Å². The zero-order valence-electron chi connectivity index (χ0n) is 15.7. The van der Waals surface area contributed by atoms with Crippen LogP contribution in [0.3, 0.4) is 0 Å². The molecule has 0 saturated carbocycles. The molecular weight excluding hydrogens is 410 g/mol. The summed E-state index contributed by atoms with van der Waals surface area (Å²) in [5.74, 6) is -0.363. The van der Waals surface area contributed by atoms with Gasteiger partial charge in [0.1, 0.15) is 10.9 Å². The number of rotatable bonds is 8. The average Bonchev–Trinajstić information content (AvgIpc) is 2.96. The summed E-state index contributed by atoms with van der Waals surface area (Å²) in [6.07, 6.45) is 2.44. The molecule has 0 aromatic heterocycles. The molecular formula is C21H19NO5S2. The highest BCUT2D eigenvalue weighted by atomic mass is 32.2. The van der Waals surface area contributed by atoms with Crippen LogP contribution in [0.15, 0.2) is 53.4 Å². The first-order valence-corrected chi connectivity index (χ1v) is 10.0. The molecule has 2 aromatic carbocycles. The van der Waals surface area contributed by atoms with Gasteiger partial charge in [0.05, 0.1) is 18.6 Å². The number of hydrogen-bond acceptors (Lipinski definition) is 6. The molecule has 0 radical (unpaired) electrons. The normalized spacial score (nSPS) is 15.1. The molecule has 0 spiro atoms. The summed E-state index contributed by atoms with van der Waals surface area (Å²) >= 11 is 6.19. The van der Waals surface area contributed by atoms with E-state index in [2.05, 4.69) is 0 Å². The predicted octanol–water partition coefficient (Wildman–Crippen LogP) is 3.60. The molecule has 1 aliphatic heterocycles. The van der Waals surface area contributed by atoms with Gasteiger partial charge in [0.25, 0.3) is 5.91 Å². The monoisotopic (exact) mass is 429 g/mol. The zero-order valence-corrected chi connectivity index (χ0v) is 17.3. The van der Waals surface area contributed by atoms with E-state index in [-0.39, 0.29) is 4.32 Å². The van der Waals surface area contributed by atoms with Crippen molar-refractivity contribution in [2.45, 2.75) is 6.42 Å². The zero-order chi connectivity index (χ0) is 20.8. The molecule has 0 atom stereocenters. The van der Waals surface area contributed by atoms with Crippen molar-refractivity contribution in [3.63, 3.8) is 0 Å². The fraction of sp³-hybridized carbons (Fsp3) is 0.190. The number of methoxy groups -OCH3 is 1. The molecule has 1 amide bonds. The van der Waals surface area contributed by atoms with Crippen molar-refractivity contribution in [3.8, 4) is 11.5 Å². The number of carbonyl (C=O) groups is 2. The van der Waals surface area contributed by atoms with E-state index >= 15 is 0 Å². The Bertz CT molecular complexity index is 959. The summed E-state index contributed by atoms with van der Waals surface area (Å²) in [5, 5.41) is 8.92. The first kappa shape index (κ1) is 20.9. The van der Waals surface area contributed by atoms with Gasteiger partial charge < -0.3 is 14.6 Å². The Kier molecular flexibility index (Phi) is 6.90. The Morgan fingerprint density at radius 3 is 2.66 bits per heavy atom. The van der Waals surface area contributed by atoms with Crippen LogP contribution < -0.4 is 9.47 Å². The van der Waals surface area contributed by atoms with Crippen LogP contribution in [0.5, 0.6) is 11.5 Å². The second-order valence-corrected chi connectivity index (χ2v) is 7.83. The number of benzene rings is 2. The van der Waals surface area contributed by atoms with E-state index in [1.807, 2.05) is 36.4 Å². The predicted molar refractivity (Wildman–Crippen MR) is 116 cm³/mol. The van der Waals surface area contributed by atoms with Crippen molar-refractivity contribution in [2.75, 3.05) is 20.3 Å². The molecule has 8 heteroatoms. The highest BCUT2D eigenvalue weighted by molar-refractivity contribution is 8.26. The van der Waals surface area contributed by atoms with Gasteiger partial charge >= 0.3 is 5.97 Å². The summed E-state index contributed by atoms with van der Waals surface area (Å²) in [6.45, 7) is 0.0626.